The zero-order valence-corrected chi connectivity index (χ0v) is 11.2. The normalized spacial score (nSPS) is 31.6. The fraction of sp³-hybridized carbons (Fsp3) is 1.00. The average molecular weight is 248 g/mol. The van der Waals surface area contributed by atoms with E-state index >= 15 is 0 Å². The number of aliphatic hydroxyl groups excluding tert-OH is 1. The summed E-state index contributed by atoms with van der Waals surface area (Å²) in [6.07, 6.45) is 4.38. The molecule has 0 spiro atoms. The lowest BCUT2D eigenvalue weighted by Crippen LogP contribution is -2.23. The van der Waals surface area contributed by atoms with E-state index in [0.29, 0.717) is 5.92 Å². The number of aliphatic hydroxyl groups is 1. The molecule has 0 heterocycles. The van der Waals surface area contributed by atoms with Crippen molar-refractivity contribution >= 4 is 9.84 Å². The van der Waals surface area contributed by atoms with Crippen molar-refractivity contribution in [2.75, 3.05) is 18.1 Å². The first kappa shape index (κ1) is 14.0. The van der Waals surface area contributed by atoms with E-state index in [-0.39, 0.29) is 18.1 Å². The van der Waals surface area contributed by atoms with Crippen molar-refractivity contribution in [1.82, 2.24) is 0 Å². The number of sulfone groups is 1. The highest BCUT2D eigenvalue weighted by molar-refractivity contribution is 7.91. The van der Waals surface area contributed by atoms with Crippen LogP contribution >= 0.6 is 0 Å². The molecule has 1 rings (SSSR count). The number of hydrogen-bond donors (Lipinski definition) is 1. The minimum Gasteiger partial charge on any atom is -0.395 e. The van der Waals surface area contributed by atoms with Crippen molar-refractivity contribution < 1.29 is 13.5 Å². The molecule has 0 bridgehead atoms. The van der Waals surface area contributed by atoms with Crippen LogP contribution in [0.1, 0.15) is 39.5 Å². The molecule has 0 amide bonds. The Bertz CT molecular complexity index is 287. The zero-order chi connectivity index (χ0) is 12.2. The van der Waals surface area contributed by atoms with Gasteiger partial charge in [-0.05, 0) is 43.4 Å². The fourth-order valence-corrected chi connectivity index (χ4v) is 4.11. The van der Waals surface area contributed by atoms with E-state index < -0.39 is 9.84 Å². The summed E-state index contributed by atoms with van der Waals surface area (Å²) >= 11 is 0. The van der Waals surface area contributed by atoms with Crippen LogP contribution in [0.25, 0.3) is 0 Å². The Morgan fingerprint density at radius 3 is 2.12 bits per heavy atom. The summed E-state index contributed by atoms with van der Waals surface area (Å²) in [7, 11) is -3.02. The molecule has 0 saturated heterocycles. The van der Waals surface area contributed by atoms with Crippen LogP contribution in [0.4, 0.5) is 0 Å². The molecule has 1 saturated carbocycles. The Morgan fingerprint density at radius 2 is 1.62 bits per heavy atom. The third-order valence-electron chi connectivity index (χ3n) is 3.52. The van der Waals surface area contributed by atoms with E-state index in [1.54, 1.807) is 0 Å². The molecule has 0 aromatic carbocycles. The van der Waals surface area contributed by atoms with Crippen molar-refractivity contribution in [2.24, 2.45) is 17.8 Å². The topological polar surface area (TPSA) is 54.4 Å². The van der Waals surface area contributed by atoms with Gasteiger partial charge in [-0.1, -0.05) is 13.8 Å². The summed E-state index contributed by atoms with van der Waals surface area (Å²) in [5.41, 5.74) is 0. The van der Waals surface area contributed by atoms with Crippen molar-refractivity contribution in [3.05, 3.63) is 0 Å². The standard InChI is InChI=1S/C12H24O3S/c1-10-7-11(2)9-12(8-10)3-5-16(14,15)6-4-13/h10-13H,3-9H2,1-2H3. The molecular formula is C12H24O3S. The summed E-state index contributed by atoms with van der Waals surface area (Å²) in [6.45, 7) is 4.26. The third-order valence-corrected chi connectivity index (χ3v) is 5.18. The van der Waals surface area contributed by atoms with Gasteiger partial charge in [0.05, 0.1) is 18.1 Å². The maximum Gasteiger partial charge on any atom is 0.152 e. The highest BCUT2D eigenvalue weighted by atomic mass is 32.2. The molecule has 96 valence electrons. The number of rotatable bonds is 5. The minimum absolute atomic E-state index is 0.0785. The summed E-state index contributed by atoms with van der Waals surface area (Å²) in [4.78, 5) is 0. The fourth-order valence-electron chi connectivity index (χ4n) is 2.94. The van der Waals surface area contributed by atoms with Gasteiger partial charge in [0.25, 0.3) is 0 Å². The molecule has 2 unspecified atom stereocenters. The van der Waals surface area contributed by atoms with Crippen LogP contribution in [-0.2, 0) is 9.84 Å². The smallest absolute Gasteiger partial charge is 0.152 e. The van der Waals surface area contributed by atoms with Crippen molar-refractivity contribution in [3.8, 4) is 0 Å². The zero-order valence-electron chi connectivity index (χ0n) is 10.4. The quantitative estimate of drug-likeness (QED) is 0.808. The van der Waals surface area contributed by atoms with Gasteiger partial charge in [-0.15, -0.1) is 0 Å². The van der Waals surface area contributed by atoms with Gasteiger partial charge in [-0.25, -0.2) is 8.42 Å². The molecule has 1 aliphatic rings. The highest BCUT2D eigenvalue weighted by Crippen LogP contribution is 2.34. The summed E-state index contributed by atoms with van der Waals surface area (Å²) < 4.78 is 23.0. The molecule has 1 N–H and O–H groups in total. The molecule has 16 heavy (non-hydrogen) atoms. The third kappa shape index (κ3) is 4.83. The van der Waals surface area contributed by atoms with Gasteiger partial charge in [-0.3, -0.25) is 0 Å². The van der Waals surface area contributed by atoms with Crippen LogP contribution in [0.5, 0.6) is 0 Å². The van der Waals surface area contributed by atoms with Crippen LogP contribution in [0.3, 0.4) is 0 Å². The van der Waals surface area contributed by atoms with Crippen LogP contribution in [0.2, 0.25) is 0 Å². The monoisotopic (exact) mass is 248 g/mol. The molecule has 2 atom stereocenters. The molecule has 3 nitrogen and oxygen atoms in total. The molecular weight excluding hydrogens is 224 g/mol. The van der Waals surface area contributed by atoms with E-state index in [2.05, 4.69) is 13.8 Å². The lowest BCUT2D eigenvalue weighted by molar-refractivity contribution is 0.215. The number of hydrogen-bond acceptors (Lipinski definition) is 3. The van der Waals surface area contributed by atoms with Crippen LogP contribution in [0.15, 0.2) is 0 Å². The van der Waals surface area contributed by atoms with Crippen molar-refractivity contribution in [1.29, 1.82) is 0 Å². The minimum atomic E-state index is -3.02. The van der Waals surface area contributed by atoms with Gasteiger partial charge in [0.1, 0.15) is 0 Å². The van der Waals surface area contributed by atoms with Gasteiger partial charge in [0, 0.05) is 0 Å². The van der Waals surface area contributed by atoms with E-state index in [1.807, 2.05) is 0 Å². The SMILES string of the molecule is CC1CC(C)CC(CCS(=O)(=O)CCO)C1. The van der Waals surface area contributed by atoms with E-state index in [1.165, 1.54) is 19.3 Å². The summed E-state index contributed by atoms with van der Waals surface area (Å²) in [6, 6.07) is 0. The molecule has 1 fully saturated rings. The van der Waals surface area contributed by atoms with Gasteiger partial charge in [-0.2, -0.15) is 0 Å². The van der Waals surface area contributed by atoms with Crippen LogP contribution < -0.4 is 0 Å². The first-order valence-electron chi connectivity index (χ1n) is 6.24. The predicted octanol–water partition coefficient (Wildman–Crippen LogP) is 1.86. The Labute approximate surface area is 99.2 Å². The Morgan fingerprint density at radius 1 is 1.06 bits per heavy atom. The first-order valence-corrected chi connectivity index (χ1v) is 8.06. The maximum absolute atomic E-state index is 11.5. The van der Waals surface area contributed by atoms with Gasteiger partial charge < -0.3 is 5.11 Å². The molecule has 0 aromatic heterocycles. The molecule has 1 aliphatic carbocycles. The first-order chi connectivity index (χ1) is 7.43. The Balaban J connectivity index is 2.37. The molecule has 0 radical (unpaired) electrons. The molecule has 0 aromatic rings. The average Bonchev–Trinajstić information content (AvgIpc) is 2.13. The van der Waals surface area contributed by atoms with Crippen molar-refractivity contribution in [2.45, 2.75) is 39.5 Å². The van der Waals surface area contributed by atoms with E-state index in [0.717, 1.165) is 18.3 Å². The van der Waals surface area contributed by atoms with Gasteiger partial charge in [0.2, 0.25) is 0 Å². The summed E-state index contributed by atoms with van der Waals surface area (Å²) in [5, 5.41) is 8.64. The predicted molar refractivity (Wildman–Crippen MR) is 66.0 cm³/mol. The Kier molecular flexibility index (Phi) is 5.25. The summed E-state index contributed by atoms with van der Waals surface area (Å²) in [5.74, 6) is 2.19. The van der Waals surface area contributed by atoms with E-state index in [4.69, 9.17) is 5.11 Å². The second-order valence-corrected chi connectivity index (χ2v) is 7.75. The van der Waals surface area contributed by atoms with E-state index in [9.17, 15) is 8.42 Å². The largest absolute Gasteiger partial charge is 0.395 e. The lowest BCUT2D eigenvalue weighted by atomic mass is 9.76. The Hall–Kier alpha value is -0.0900. The van der Waals surface area contributed by atoms with Crippen molar-refractivity contribution in [3.63, 3.8) is 0 Å². The second kappa shape index (κ2) is 6.01. The van der Waals surface area contributed by atoms with Gasteiger partial charge in [0.15, 0.2) is 9.84 Å². The molecule has 4 heteroatoms. The van der Waals surface area contributed by atoms with Gasteiger partial charge >= 0.3 is 0 Å². The molecule has 0 aliphatic heterocycles. The lowest BCUT2D eigenvalue weighted by Gasteiger charge is -2.31. The maximum atomic E-state index is 11.5. The van der Waals surface area contributed by atoms with Crippen LogP contribution in [-0.4, -0.2) is 31.6 Å². The highest BCUT2D eigenvalue weighted by Gasteiger charge is 2.25. The second-order valence-electron chi connectivity index (χ2n) is 5.45. The van der Waals surface area contributed by atoms with Crippen LogP contribution in [0, 0.1) is 17.8 Å².